The lowest BCUT2D eigenvalue weighted by Crippen LogP contribution is -1.97. The van der Waals surface area contributed by atoms with Crippen molar-refractivity contribution < 1.29 is 0 Å². The van der Waals surface area contributed by atoms with Gasteiger partial charge in [-0.1, -0.05) is 157 Å². The van der Waals surface area contributed by atoms with Crippen LogP contribution < -0.4 is 0 Å². The van der Waals surface area contributed by atoms with Crippen molar-refractivity contribution in [2.75, 3.05) is 0 Å². The molecular weight excluding hydrogens is 617 g/mol. The van der Waals surface area contributed by atoms with Crippen LogP contribution in [0.3, 0.4) is 0 Å². The third kappa shape index (κ3) is 3.65. The molecule has 0 nitrogen and oxygen atoms in total. The Morgan fingerprint density at radius 1 is 0.229 bits per heavy atom. The smallest absolute Gasteiger partial charge is 0.0207 e. The maximum absolute atomic E-state index is 2.37. The summed E-state index contributed by atoms with van der Waals surface area (Å²) >= 11 is 3.78. The van der Waals surface area contributed by atoms with Crippen molar-refractivity contribution in [3.8, 4) is 44.5 Å². The lowest BCUT2D eigenvalue weighted by molar-refractivity contribution is 1.40. The summed E-state index contributed by atoms with van der Waals surface area (Å²) in [6.07, 6.45) is 0. The van der Waals surface area contributed by atoms with Gasteiger partial charge in [0.1, 0.15) is 0 Å². The fourth-order valence-corrected chi connectivity index (χ4v) is 10.6. The quantitative estimate of drug-likeness (QED) is 0.172. The van der Waals surface area contributed by atoms with Crippen LogP contribution in [0, 0.1) is 0 Å². The lowest BCUT2D eigenvalue weighted by atomic mass is 9.82. The molecular formula is C46H26S2. The molecule has 222 valence electrons. The van der Waals surface area contributed by atoms with E-state index in [1.807, 2.05) is 23.5 Å². The van der Waals surface area contributed by atoms with E-state index < -0.39 is 0 Å². The van der Waals surface area contributed by atoms with Crippen LogP contribution >= 0.6 is 23.5 Å². The predicted molar refractivity (Wildman–Crippen MR) is 206 cm³/mol. The van der Waals surface area contributed by atoms with Crippen LogP contribution in [0.1, 0.15) is 0 Å². The van der Waals surface area contributed by atoms with Crippen LogP contribution in [-0.2, 0) is 0 Å². The third-order valence-electron chi connectivity index (χ3n) is 10.3. The van der Waals surface area contributed by atoms with Gasteiger partial charge in [0, 0.05) is 30.4 Å². The summed E-state index contributed by atoms with van der Waals surface area (Å²) in [4.78, 5) is 5.31. The average Bonchev–Trinajstić information content (AvgIpc) is 3.15. The predicted octanol–water partition coefficient (Wildman–Crippen LogP) is 13.9. The Morgan fingerprint density at radius 3 is 1.15 bits per heavy atom. The van der Waals surface area contributed by atoms with Crippen LogP contribution in [0.5, 0.6) is 0 Å². The lowest BCUT2D eigenvalue weighted by Gasteiger charge is -2.24. The van der Waals surface area contributed by atoms with Gasteiger partial charge in [-0.3, -0.25) is 0 Å². The van der Waals surface area contributed by atoms with E-state index in [1.165, 1.54) is 107 Å². The highest BCUT2D eigenvalue weighted by atomic mass is 32.2. The molecule has 2 aliphatic heterocycles. The van der Waals surface area contributed by atoms with Gasteiger partial charge in [-0.05, 0) is 101 Å². The van der Waals surface area contributed by atoms with Crippen molar-refractivity contribution in [1.29, 1.82) is 0 Å². The van der Waals surface area contributed by atoms with E-state index in [9.17, 15) is 0 Å². The zero-order valence-corrected chi connectivity index (χ0v) is 27.5. The van der Waals surface area contributed by atoms with Gasteiger partial charge in [0.15, 0.2) is 0 Å². The Kier molecular flexibility index (Phi) is 5.63. The van der Waals surface area contributed by atoms with Gasteiger partial charge in [-0.2, -0.15) is 0 Å². The van der Waals surface area contributed by atoms with Gasteiger partial charge >= 0.3 is 0 Å². The second-order valence-electron chi connectivity index (χ2n) is 12.7. The molecule has 0 N–H and O–H groups in total. The van der Waals surface area contributed by atoms with Crippen molar-refractivity contribution in [1.82, 2.24) is 0 Å². The molecule has 0 spiro atoms. The SMILES string of the molecule is c1ccc2c(c1)Sc1ccc(-c3c4ccccc4c(-c4ccc5c6c(cccc46)Sc4ccccc4-5)c4ccccc34)c3cccc-2c13. The molecule has 0 fully saturated rings. The molecule has 0 amide bonds. The van der Waals surface area contributed by atoms with Gasteiger partial charge in [-0.25, -0.2) is 0 Å². The first-order valence-corrected chi connectivity index (χ1v) is 18.1. The third-order valence-corrected chi connectivity index (χ3v) is 12.5. The number of rotatable bonds is 2. The summed E-state index contributed by atoms with van der Waals surface area (Å²) in [5.41, 5.74) is 10.5. The van der Waals surface area contributed by atoms with E-state index in [0.29, 0.717) is 0 Å². The molecule has 9 aromatic rings. The summed E-state index contributed by atoms with van der Waals surface area (Å²) in [7, 11) is 0. The maximum atomic E-state index is 2.37. The number of hydrogen-bond acceptors (Lipinski definition) is 2. The molecule has 2 aliphatic rings. The number of benzene rings is 9. The topological polar surface area (TPSA) is 0 Å². The fourth-order valence-electron chi connectivity index (χ4n) is 8.30. The highest BCUT2D eigenvalue weighted by molar-refractivity contribution is 8.00. The largest absolute Gasteiger partial charge is 0.0888 e. The Labute approximate surface area is 287 Å². The molecule has 2 heterocycles. The van der Waals surface area contributed by atoms with Crippen LogP contribution in [0.2, 0.25) is 0 Å². The van der Waals surface area contributed by atoms with Crippen molar-refractivity contribution in [3.05, 3.63) is 158 Å². The summed E-state index contributed by atoms with van der Waals surface area (Å²) in [6.45, 7) is 0. The highest BCUT2D eigenvalue weighted by Gasteiger charge is 2.25. The van der Waals surface area contributed by atoms with Crippen LogP contribution in [-0.4, -0.2) is 0 Å². The van der Waals surface area contributed by atoms with Crippen molar-refractivity contribution in [2.45, 2.75) is 19.6 Å². The molecule has 0 bridgehead atoms. The summed E-state index contributed by atoms with van der Waals surface area (Å²) in [5, 5.41) is 10.5. The molecule has 0 unspecified atom stereocenters. The Morgan fingerprint density at radius 2 is 0.583 bits per heavy atom. The van der Waals surface area contributed by atoms with Crippen molar-refractivity contribution in [3.63, 3.8) is 0 Å². The molecule has 0 saturated carbocycles. The molecule has 0 aliphatic carbocycles. The zero-order chi connectivity index (χ0) is 31.3. The van der Waals surface area contributed by atoms with Crippen molar-refractivity contribution >= 4 is 66.6 Å². The van der Waals surface area contributed by atoms with E-state index in [1.54, 1.807) is 0 Å². The average molecular weight is 643 g/mol. The molecule has 48 heavy (non-hydrogen) atoms. The second kappa shape index (κ2) is 10.1. The number of hydrogen-bond donors (Lipinski definition) is 0. The highest BCUT2D eigenvalue weighted by Crippen LogP contribution is 2.54. The van der Waals surface area contributed by atoms with E-state index in [0.717, 1.165) is 0 Å². The van der Waals surface area contributed by atoms with Gasteiger partial charge in [0.2, 0.25) is 0 Å². The van der Waals surface area contributed by atoms with E-state index in [-0.39, 0.29) is 0 Å². The van der Waals surface area contributed by atoms with E-state index in [4.69, 9.17) is 0 Å². The second-order valence-corrected chi connectivity index (χ2v) is 14.9. The molecule has 11 rings (SSSR count). The molecule has 0 aromatic heterocycles. The fraction of sp³-hybridized carbons (Fsp3) is 0. The first-order valence-electron chi connectivity index (χ1n) is 16.4. The van der Waals surface area contributed by atoms with Gasteiger partial charge < -0.3 is 0 Å². The van der Waals surface area contributed by atoms with E-state index in [2.05, 4.69) is 158 Å². The molecule has 2 heteroatoms. The van der Waals surface area contributed by atoms with Crippen molar-refractivity contribution in [2.24, 2.45) is 0 Å². The van der Waals surface area contributed by atoms with Gasteiger partial charge in [0.25, 0.3) is 0 Å². The molecule has 0 radical (unpaired) electrons. The van der Waals surface area contributed by atoms with Crippen LogP contribution in [0.25, 0.3) is 87.6 Å². The minimum absolute atomic E-state index is 1.29. The Bertz CT molecular complexity index is 2640. The summed E-state index contributed by atoms with van der Waals surface area (Å²) < 4.78 is 0. The first kappa shape index (κ1) is 26.8. The maximum Gasteiger partial charge on any atom is 0.0207 e. The summed E-state index contributed by atoms with van der Waals surface area (Å²) in [5.74, 6) is 0. The molecule has 0 saturated heterocycles. The molecule has 0 atom stereocenters. The Hall–Kier alpha value is -5.28. The van der Waals surface area contributed by atoms with Gasteiger partial charge in [0.05, 0.1) is 0 Å². The first-order chi connectivity index (χ1) is 23.8. The van der Waals surface area contributed by atoms with Crippen LogP contribution in [0.4, 0.5) is 0 Å². The molecule has 9 aromatic carbocycles. The Balaban J connectivity index is 1.24. The monoisotopic (exact) mass is 642 g/mol. The van der Waals surface area contributed by atoms with E-state index >= 15 is 0 Å². The normalized spacial score (nSPS) is 12.8. The standard InChI is InChI=1S/C46H26S2/c1-3-15-32-30(13-1)43(37-24-23-36-28-12-6-8-21-40(28)47-41-22-10-19-35(37)46(36)41)31-14-2-4-16-33(31)44(32)38-25-26-42-45-29(17-9-18-34(38)45)27-11-5-7-20-39(27)48-42/h1-26H. The van der Waals surface area contributed by atoms with Gasteiger partial charge in [-0.15, -0.1) is 0 Å². The minimum Gasteiger partial charge on any atom is -0.0888 e. The van der Waals surface area contributed by atoms with Crippen LogP contribution in [0.15, 0.2) is 177 Å². The minimum atomic E-state index is 1.29. The summed E-state index contributed by atoms with van der Waals surface area (Å²) in [6, 6.07) is 58.9. The number of fused-ring (bicyclic) bond motifs is 6. The zero-order valence-electron chi connectivity index (χ0n) is 25.8.